The number of hydrogen-bond acceptors (Lipinski definition) is 2. The van der Waals surface area contributed by atoms with E-state index in [1.165, 1.54) is 0 Å². The zero-order valence-electron chi connectivity index (χ0n) is 13.7. The van der Waals surface area contributed by atoms with Crippen LogP contribution < -0.4 is 0 Å². The predicted molar refractivity (Wildman–Crippen MR) is 88.6 cm³/mol. The van der Waals surface area contributed by atoms with E-state index in [1.807, 2.05) is 58.9 Å². The lowest BCUT2D eigenvalue weighted by Gasteiger charge is -2.10. The summed E-state index contributed by atoms with van der Waals surface area (Å²) in [6, 6.07) is 0. The van der Waals surface area contributed by atoms with Crippen LogP contribution in [0.25, 0.3) is 0 Å². The standard InChI is InChI=1S/C16H22O2.C2H6/c1-6-10-12-15(16(17)18-9-4)13(5)14(8-3)11-7-2;1-2/h6-8,10-12H,5,9H2,1-4H3;1-2H3/b10-6-,11-7-,14-8+,15-12+;. The first-order chi connectivity index (χ1) is 9.62. The number of carbonyl (C=O) groups excluding carboxylic acids is 1. The minimum absolute atomic E-state index is 0.343. The van der Waals surface area contributed by atoms with Crippen LogP contribution in [-0.4, -0.2) is 12.6 Å². The van der Waals surface area contributed by atoms with Crippen LogP contribution in [0, 0.1) is 0 Å². The second-order valence-electron chi connectivity index (χ2n) is 3.55. The quantitative estimate of drug-likeness (QED) is 0.380. The lowest BCUT2D eigenvalue weighted by atomic mass is 9.98. The highest BCUT2D eigenvalue weighted by atomic mass is 16.5. The van der Waals surface area contributed by atoms with Gasteiger partial charge in [-0.3, -0.25) is 0 Å². The molecule has 2 heteroatoms. The molecule has 0 aliphatic heterocycles. The van der Waals surface area contributed by atoms with Crippen molar-refractivity contribution in [2.75, 3.05) is 6.61 Å². The zero-order chi connectivity index (χ0) is 16.0. The highest BCUT2D eigenvalue weighted by Gasteiger charge is 2.14. The van der Waals surface area contributed by atoms with Crippen molar-refractivity contribution in [1.29, 1.82) is 0 Å². The number of esters is 1. The van der Waals surface area contributed by atoms with Crippen molar-refractivity contribution < 1.29 is 9.53 Å². The molecule has 0 aromatic rings. The van der Waals surface area contributed by atoms with Crippen molar-refractivity contribution in [1.82, 2.24) is 0 Å². The van der Waals surface area contributed by atoms with Gasteiger partial charge in [0.1, 0.15) is 0 Å². The third-order valence-electron chi connectivity index (χ3n) is 2.28. The molecule has 0 fully saturated rings. The van der Waals surface area contributed by atoms with Gasteiger partial charge in [0.15, 0.2) is 0 Å². The van der Waals surface area contributed by atoms with Gasteiger partial charge in [-0.1, -0.05) is 50.8 Å². The van der Waals surface area contributed by atoms with E-state index in [0.717, 1.165) is 5.57 Å². The minimum atomic E-state index is -0.343. The summed E-state index contributed by atoms with van der Waals surface area (Å²) in [7, 11) is 0. The second-order valence-corrected chi connectivity index (χ2v) is 3.55. The van der Waals surface area contributed by atoms with E-state index in [-0.39, 0.29) is 5.97 Å². The maximum atomic E-state index is 11.9. The van der Waals surface area contributed by atoms with Crippen molar-refractivity contribution >= 4 is 5.97 Å². The van der Waals surface area contributed by atoms with Gasteiger partial charge < -0.3 is 4.74 Å². The molecule has 0 heterocycles. The monoisotopic (exact) mass is 276 g/mol. The summed E-state index contributed by atoms with van der Waals surface area (Å²) in [6.07, 6.45) is 11.2. The Hall–Kier alpha value is -1.83. The van der Waals surface area contributed by atoms with Crippen LogP contribution in [0.4, 0.5) is 0 Å². The highest BCUT2D eigenvalue weighted by molar-refractivity contribution is 5.95. The van der Waals surface area contributed by atoms with Gasteiger partial charge >= 0.3 is 5.97 Å². The van der Waals surface area contributed by atoms with Gasteiger partial charge in [0.05, 0.1) is 12.2 Å². The number of ether oxygens (including phenoxy) is 1. The van der Waals surface area contributed by atoms with E-state index in [9.17, 15) is 4.79 Å². The van der Waals surface area contributed by atoms with Gasteiger partial charge in [0.25, 0.3) is 0 Å². The molecule has 0 aromatic carbocycles. The maximum Gasteiger partial charge on any atom is 0.338 e. The molecule has 0 bridgehead atoms. The lowest BCUT2D eigenvalue weighted by molar-refractivity contribution is -0.138. The molecular weight excluding hydrogens is 248 g/mol. The van der Waals surface area contributed by atoms with E-state index in [2.05, 4.69) is 6.58 Å². The van der Waals surface area contributed by atoms with E-state index in [4.69, 9.17) is 4.74 Å². The molecule has 0 aromatic heterocycles. The summed E-state index contributed by atoms with van der Waals surface area (Å²) in [6.45, 7) is 15.9. The molecule has 0 aliphatic carbocycles. The SMILES string of the molecule is C=C(C(/C=C\C)=C/C)/C(=C\C=C/C)C(=O)OCC.CC. The predicted octanol–water partition coefficient (Wildman–Crippen LogP) is 5.16. The van der Waals surface area contributed by atoms with Crippen molar-refractivity contribution in [3.8, 4) is 0 Å². The number of hydrogen-bond donors (Lipinski definition) is 0. The molecule has 0 amide bonds. The third-order valence-corrected chi connectivity index (χ3v) is 2.28. The van der Waals surface area contributed by atoms with E-state index in [0.29, 0.717) is 17.8 Å². The summed E-state index contributed by atoms with van der Waals surface area (Å²) in [4.78, 5) is 11.9. The van der Waals surface area contributed by atoms with Gasteiger partial charge in [0, 0.05) is 0 Å². The van der Waals surface area contributed by atoms with Crippen molar-refractivity contribution in [3.05, 3.63) is 59.8 Å². The third kappa shape index (κ3) is 7.57. The summed E-state index contributed by atoms with van der Waals surface area (Å²) >= 11 is 0. The summed E-state index contributed by atoms with van der Waals surface area (Å²) in [5.41, 5.74) is 2.08. The Balaban J connectivity index is 0. The first-order valence-electron chi connectivity index (χ1n) is 7.11. The second kappa shape index (κ2) is 13.6. The zero-order valence-corrected chi connectivity index (χ0v) is 13.7. The minimum Gasteiger partial charge on any atom is -0.462 e. The van der Waals surface area contributed by atoms with Crippen LogP contribution in [-0.2, 0) is 9.53 Å². The molecule has 0 atom stereocenters. The molecule has 0 radical (unpaired) electrons. The molecular formula is C18H28O2. The molecule has 0 spiro atoms. The van der Waals surface area contributed by atoms with Gasteiger partial charge in [-0.15, -0.1) is 0 Å². The topological polar surface area (TPSA) is 26.3 Å². The number of allylic oxidation sites excluding steroid dienone is 7. The van der Waals surface area contributed by atoms with Gasteiger partial charge in [-0.05, 0) is 44.9 Å². The fourth-order valence-corrected chi connectivity index (χ4v) is 1.40. The van der Waals surface area contributed by atoms with Crippen LogP contribution >= 0.6 is 0 Å². The molecule has 0 N–H and O–H groups in total. The average Bonchev–Trinajstić information content (AvgIpc) is 2.47. The molecule has 2 nitrogen and oxygen atoms in total. The Morgan fingerprint density at radius 2 is 1.75 bits per heavy atom. The first-order valence-corrected chi connectivity index (χ1v) is 7.11. The Kier molecular flexibility index (Phi) is 13.9. The Labute approximate surface area is 124 Å². The highest BCUT2D eigenvalue weighted by Crippen LogP contribution is 2.20. The molecule has 0 unspecified atom stereocenters. The van der Waals surface area contributed by atoms with E-state index in [1.54, 1.807) is 19.1 Å². The van der Waals surface area contributed by atoms with Crippen LogP contribution in [0.1, 0.15) is 41.5 Å². The summed E-state index contributed by atoms with van der Waals surface area (Å²) < 4.78 is 5.04. The molecule has 0 saturated heterocycles. The van der Waals surface area contributed by atoms with Crippen LogP contribution in [0.3, 0.4) is 0 Å². The van der Waals surface area contributed by atoms with Crippen LogP contribution in [0.2, 0.25) is 0 Å². The van der Waals surface area contributed by atoms with E-state index >= 15 is 0 Å². The summed E-state index contributed by atoms with van der Waals surface area (Å²) in [5.74, 6) is -0.343. The van der Waals surface area contributed by atoms with Gasteiger partial charge in [-0.25, -0.2) is 4.79 Å². The van der Waals surface area contributed by atoms with Crippen molar-refractivity contribution in [3.63, 3.8) is 0 Å². The first kappa shape index (κ1) is 20.5. The Bertz CT molecular complexity index is 407. The summed E-state index contributed by atoms with van der Waals surface area (Å²) in [5, 5.41) is 0. The van der Waals surface area contributed by atoms with Crippen LogP contribution in [0.5, 0.6) is 0 Å². The molecule has 20 heavy (non-hydrogen) atoms. The Morgan fingerprint density at radius 3 is 2.15 bits per heavy atom. The lowest BCUT2D eigenvalue weighted by Crippen LogP contribution is -2.10. The molecule has 112 valence electrons. The maximum absolute atomic E-state index is 11.9. The van der Waals surface area contributed by atoms with Crippen LogP contribution in [0.15, 0.2) is 59.8 Å². The van der Waals surface area contributed by atoms with Gasteiger partial charge in [0.2, 0.25) is 0 Å². The van der Waals surface area contributed by atoms with Crippen molar-refractivity contribution in [2.45, 2.75) is 41.5 Å². The van der Waals surface area contributed by atoms with Crippen molar-refractivity contribution in [2.24, 2.45) is 0 Å². The Morgan fingerprint density at radius 1 is 1.15 bits per heavy atom. The largest absolute Gasteiger partial charge is 0.462 e. The average molecular weight is 276 g/mol. The van der Waals surface area contributed by atoms with E-state index < -0.39 is 0 Å². The fourth-order valence-electron chi connectivity index (χ4n) is 1.40. The normalized spacial score (nSPS) is 12.3. The molecule has 0 rings (SSSR count). The molecule has 0 saturated carbocycles. The fraction of sp³-hybridized carbons (Fsp3) is 0.389. The molecule has 0 aliphatic rings. The smallest absolute Gasteiger partial charge is 0.338 e. The van der Waals surface area contributed by atoms with Gasteiger partial charge in [-0.2, -0.15) is 0 Å². The number of rotatable bonds is 6. The number of carbonyl (C=O) groups is 1.